The first kappa shape index (κ1) is 19.5. The Morgan fingerprint density at radius 1 is 0.680 bits per heavy atom. The SMILES string of the molecule is CC(C)(C)c1c(C(C)(C)C)c(C(C)(C)C)c2ccccc2c1C(=O)O. The van der Waals surface area contributed by atoms with Crippen molar-refractivity contribution in [2.75, 3.05) is 0 Å². The lowest BCUT2D eigenvalue weighted by molar-refractivity contribution is 0.0696. The third-order valence-corrected chi connectivity index (χ3v) is 4.68. The average Bonchev–Trinajstić information content (AvgIpc) is 2.41. The summed E-state index contributed by atoms with van der Waals surface area (Å²) in [5.41, 5.74) is 3.38. The maximum absolute atomic E-state index is 12.3. The zero-order chi connectivity index (χ0) is 19.4. The second kappa shape index (κ2) is 5.86. The van der Waals surface area contributed by atoms with E-state index in [9.17, 15) is 9.90 Å². The molecular weight excluding hydrogens is 308 g/mol. The van der Waals surface area contributed by atoms with Crippen LogP contribution in [0, 0.1) is 0 Å². The fourth-order valence-corrected chi connectivity index (χ4v) is 3.94. The highest BCUT2D eigenvalue weighted by atomic mass is 16.4. The van der Waals surface area contributed by atoms with Crippen molar-refractivity contribution >= 4 is 16.7 Å². The van der Waals surface area contributed by atoms with Crippen LogP contribution in [0.1, 0.15) is 89.4 Å². The topological polar surface area (TPSA) is 37.3 Å². The zero-order valence-corrected chi connectivity index (χ0v) is 17.2. The van der Waals surface area contributed by atoms with Crippen LogP contribution in [0.15, 0.2) is 24.3 Å². The van der Waals surface area contributed by atoms with Gasteiger partial charge in [-0.15, -0.1) is 0 Å². The zero-order valence-electron chi connectivity index (χ0n) is 17.2. The maximum Gasteiger partial charge on any atom is 0.336 e. The molecule has 0 amide bonds. The molecule has 1 N–H and O–H groups in total. The molecule has 0 aliphatic rings. The van der Waals surface area contributed by atoms with Gasteiger partial charge < -0.3 is 5.11 Å². The standard InChI is InChI=1S/C23H32O2/c1-21(2,3)17-15-13-11-10-12-14(15)16(20(24)25)18(22(4,5)6)19(17)23(7,8)9/h10-13H,1-9H3,(H,24,25). The highest BCUT2D eigenvalue weighted by molar-refractivity contribution is 6.07. The highest BCUT2D eigenvalue weighted by Gasteiger charge is 2.37. The van der Waals surface area contributed by atoms with E-state index >= 15 is 0 Å². The van der Waals surface area contributed by atoms with E-state index in [0.717, 1.165) is 16.3 Å². The minimum absolute atomic E-state index is 0.0841. The van der Waals surface area contributed by atoms with Gasteiger partial charge in [-0.1, -0.05) is 86.6 Å². The lowest BCUT2D eigenvalue weighted by Gasteiger charge is -2.38. The maximum atomic E-state index is 12.3. The van der Waals surface area contributed by atoms with Crippen molar-refractivity contribution in [2.24, 2.45) is 0 Å². The Bertz CT molecular complexity index is 822. The normalized spacial score (nSPS) is 13.3. The van der Waals surface area contributed by atoms with Crippen LogP contribution in [0.3, 0.4) is 0 Å². The fraction of sp³-hybridized carbons (Fsp3) is 0.522. The molecule has 0 saturated heterocycles. The van der Waals surface area contributed by atoms with Crippen LogP contribution < -0.4 is 0 Å². The summed E-state index contributed by atoms with van der Waals surface area (Å²) in [5.74, 6) is -0.841. The summed E-state index contributed by atoms with van der Waals surface area (Å²) in [6.07, 6.45) is 0. The summed E-state index contributed by atoms with van der Waals surface area (Å²) in [4.78, 5) is 12.3. The number of hydrogen-bond donors (Lipinski definition) is 1. The van der Waals surface area contributed by atoms with Gasteiger partial charge in [-0.05, 0) is 43.7 Å². The lowest BCUT2D eigenvalue weighted by atomic mass is 9.65. The van der Waals surface area contributed by atoms with E-state index in [-0.39, 0.29) is 16.2 Å². The number of benzene rings is 2. The van der Waals surface area contributed by atoms with Gasteiger partial charge in [0.1, 0.15) is 0 Å². The van der Waals surface area contributed by atoms with E-state index in [1.165, 1.54) is 11.1 Å². The number of hydrogen-bond acceptors (Lipinski definition) is 1. The summed E-state index contributed by atoms with van der Waals surface area (Å²) in [6, 6.07) is 7.97. The van der Waals surface area contributed by atoms with Crippen molar-refractivity contribution in [3.63, 3.8) is 0 Å². The predicted octanol–water partition coefficient (Wildman–Crippen LogP) is 6.43. The molecule has 0 aromatic heterocycles. The first-order valence-electron chi connectivity index (χ1n) is 9.01. The van der Waals surface area contributed by atoms with Gasteiger partial charge >= 0.3 is 5.97 Å². The summed E-state index contributed by atoms with van der Waals surface area (Å²) in [7, 11) is 0. The summed E-state index contributed by atoms with van der Waals surface area (Å²) in [6.45, 7) is 19.6. The molecule has 2 aromatic rings. The third-order valence-electron chi connectivity index (χ3n) is 4.68. The molecule has 2 rings (SSSR count). The van der Waals surface area contributed by atoms with Crippen molar-refractivity contribution < 1.29 is 9.90 Å². The molecule has 136 valence electrons. The predicted molar refractivity (Wildman–Crippen MR) is 107 cm³/mol. The van der Waals surface area contributed by atoms with Gasteiger partial charge in [-0.2, -0.15) is 0 Å². The molecule has 2 aromatic carbocycles. The van der Waals surface area contributed by atoms with Gasteiger partial charge in [0.25, 0.3) is 0 Å². The van der Waals surface area contributed by atoms with E-state index in [2.05, 4.69) is 68.4 Å². The van der Waals surface area contributed by atoms with E-state index in [1.54, 1.807) is 0 Å². The van der Waals surface area contributed by atoms with Crippen LogP contribution in [-0.4, -0.2) is 11.1 Å². The Labute approximate surface area is 152 Å². The molecule has 0 spiro atoms. The van der Waals surface area contributed by atoms with Crippen LogP contribution in [0.4, 0.5) is 0 Å². The Hall–Kier alpha value is -1.83. The van der Waals surface area contributed by atoms with Crippen molar-refractivity contribution in [2.45, 2.75) is 78.6 Å². The van der Waals surface area contributed by atoms with Gasteiger partial charge in [-0.3, -0.25) is 0 Å². The number of aromatic carboxylic acids is 1. The van der Waals surface area contributed by atoms with Gasteiger partial charge in [0.15, 0.2) is 0 Å². The van der Waals surface area contributed by atoms with Crippen molar-refractivity contribution in [3.05, 3.63) is 46.5 Å². The highest BCUT2D eigenvalue weighted by Crippen LogP contribution is 2.46. The molecule has 0 aliphatic carbocycles. The number of fused-ring (bicyclic) bond motifs is 1. The average molecular weight is 341 g/mol. The molecule has 0 aliphatic heterocycles. The minimum Gasteiger partial charge on any atom is -0.478 e. The molecule has 0 heterocycles. The fourth-order valence-electron chi connectivity index (χ4n) is 3.94. The van der Waals surface area contributed by atoms with E-state index in [4.69, 9.17) is 0 Å². The molecule has 25 heavy (non-hydrogen) atoms. The van der Waals surface area contributed by atoms with Gasteiger partial charge in [-0.25, -0.2) is 4.79 Å². The Morgan fingerprint density at radius 3 is 1.44 bits per heavy atom. The molecule has 0 saturated carbocycles. The quantitative estimate of drug-likeness (QED) is 0.649. The molecule has 2 heteroatoms. The molecular formula is C23H32O2. The number of carboxylic acids is 1. The van der Waals surface area contributed by atoms with Crippen LogP contribution in [-0.2, 0) is 16.2 Å². The summed E-state index contributed by atoms with van der Waals surface area (Å²) >= 11 is 0. The molecule has 0 radical (unpaired) electrons. The largest absolute Gasteiger partial charge is 0.478 e. The first-order chi connectivity index (χ1) is 11.2. The molecule has 0 bridgehead atoms. The lowest BCUT2D eigenvalue weighted by Crippen LogP contribution is -2.31. The third kappa shape index (κ3) is 3.44. The van der Waals surface area contributed by atoms with Crippen molar-refractivity contribution in [1.82, 2.24) is 0 Å². The molecule has 0 fully saturated rings. The smallest absolute Gasteiger partial charge is 0.336 e. The first-order valence-corrected chi connectivity index (χ1v) is 9.01. The van der Waals surface area contributed by atoms with Gasteiger partial charge in [0.2, 0.25) is 0 Å². The van der Waals surface area contributed by atoms with E-state index < -0.39 is 5.97 Å². The second-order valence-electron chi connectivity index (χ2n) is 10.1. The summed E-state index contributed by atoms with van der Waals surface area (Å²) in [5, 5.41) is 12.0. The van der Waals surface area contributed by atoms with Gasteiger partial charge in [0, 0.05) is 0 Å². The van der Waals surface area contributed by atoms with Crippen LogP contribution in [0.25, 0.3) is 10.8 Å². The molecule has 2 nitrogen and oxygen atoms in total. The van der Waals surface area contributed by atoms with Crippen LogP contribution >= 0.6 is 0 Å². The van der Waals surface area contributed by atoms with Crippen molar-refractivity contribution in [1.29, 1.82) is 0 Å². The van der Waals surface area contributed by atoms with Crippen LogP contribution in [0.5, 0.6) is 0 Å². The molecule has 0 atom stereocenters. The summed E-state index contributed by atoms with van der Waals surface area (Å²) < 4.78 is 0. The van der Waals surface area contributed by atoms with E-state index in [0.29, 0.717) is 5.56 Å². The monoisotopic (exact) mass is 340 g/mol. The van der Waals surface area contributed by atoms with Crippen molar-refractivity contribution in [3.8, 4) is 0 Å². The second-order valence-corrected chi connectivity index (χ2v) is 10.1. The minimum atomic E-state index is -0.841. The number of rotatable bonds is 1. The Morgan fingerprint density at radius 2 is 1.08 bits per heavy atom. The van der Waals surface area contributed by atoms with E-state index in [1.807, 2.05) is 18.2 Å². The Kier molecular flexibility index (Phi) is 4.57. The number of carboxylic acid groups (broad SMARTS) is 1. The molecule has 0 unspecified atom stereocenters. The van der Waals surface area contributed by atoms with Crippen LogP contribution in [0.2, 0.25) is 0 Å². The number of carbonyl (C=O) groups is 1. The van der Waals surface area contributed by atoms with Gasteiger partial charge in [0.05, 0.1) is 5.56 Å². The Balaban J connectivity index is 3.31.